The minimum Gasteiger partial charge on any atom is -0.370 e. The van der Waals surface area contributed by atoms with Crippen LogP contribution in [0.25, 0.3) is 11.4 Å². The first-order valence-corrected chi connectivity index (χ1v) is 8.08. The first-order chi connectivity index (χ1) is 11.0. The summed E-state index contributed by atoms with van der Waals surface area (Å²) < 4.78 is 5.42. The number of nitrogens with two attached hydrogens (primary N) is 1. The van der Waals surface area contributed by atoms with Crippen LogP contribution in [0.2, 0.25) is 0 Å². The molecule has 1 aromatic carbocycles. The van der Waals surface area contributed by atoms with E-state index in [0.29, 0.717) is 17.6 Å². The van der Waals surface area contributed by atoms with Crippen LogP contribution in [0.15, 0.2) is 28.8 Å². The lowest BCUT2D eigenvalue weighted by molar-refractivity contribution is 0.283. The molecule has 3 rings (SSSR count). The second-order valence-electron chi connectivity index (χ2n) is 6.49. The molecule has 2 heterocycles. The molecule has 6 heteroatoms. The van der Waals surface area contributed by atoms with Crippen molar-refractivity contribution in [2.75, 3.05) is 6.54 Å². The first-order valence-electron chi connectivity index (χ1n) is 8.08. The van der Waals surface area contributed by atoms with Gasteiger partial charge in [0.15, 0.2) is 5.96 Å². The van der Waals surface area contributed by atoms with Gasteiger partial charge in [0, 0.05) is 12.1 Å². The van der Waals surface area contributed by atoms with Gasteiger partial charge in [0.1, 0.15) is 6.04 Å². The predicted octanol–water partition coefficient (Wildman–Crippen LogP) is 2.97. The van der Waals surface area contributed by atoms with Gasteiger partial charge in [-0.1, -0.05) is 43.3 Å². The summed E-state index contributed by atoms with van der Waals surface area (Å²) in [4.78, 5) is 6.32. The van der Waals surface area contributed by atoms with E-state index in [1.165, 1.54) is 5.56 Å². The van der Waals surface area contributed by atoms with Crippen LogP contribution in [-0.2, 0) is 6.42 Å². The fraction of sp³-hybridized carbons (Fsp3) is 0.471. The highest BCUT2D eigenvalue weighted by Gasteiger charge is 2.31. The van der Waals surface area contributed by atoms with Gasteiger partial charge in [0.05, 0.1) is 0 Å². The van der Waals surface area contributed by atoms with Crippen LogP contribution in [0.4, 0.5) is 0 Å². The van der Waals surface area contributed by atoms with Gasteiger partial charge in [-0.05, 0) is 30.7 Å². The van der Waals surface area contributed by atoms with E-state index in [-0.39, 0.29) is 12.0 Å². The summed E-state index contributed by atoms with van der Waals surface area (Å²) in [5.41, 5.74) is 7.87. The summed E-state index contributed by atoms with van der Waals surface area (Å²) in [5, 5.41) is 11.7. The number of rotatable bonds is 4. The second kappa shape index (κ2) is 6.40. The van der Waals surface area contributed by atoms with Gasteiger partial charge >= 0.3 is 0 Å². The molecule has 1 saturated heterocycles. The number of hydrogen-bond donors (Lipinski definition) is 2. The summed E-state index contributed by atoms with van der Waals surface area (Å²) in [7, 11) is 0. The molecule has 0 bridgehead atoms. The maximum Gasteiger partial charge on any atom is 0.249 e. The van der Waals surface area contributed by atoms with E-state index in [1.807, 2.05) is 17.0 Å². The highest BCUT2D eigenvalue weighted by molar-refractivity contribution is 5.75. The van der Waals surface area contributed by atoms with Gasteiger partial charge in [0.25, 0.3) is 0 Å². The van der Waals surface area contributed by atoms with Crippen LogP contribution in [0.3, 0.4) is 0 Å². The maximum absolute atomic E-state index is 7.64. The summed E-state index contributed by atoms with van der Waals surface area (Å²) in [6.07, 6.45) is 2.92. The van der Waals surface area contributed by atoms with Crippen LogP contribution in [0.1, 0.15) is 44.2 Å². The zero-order valence-electron chi connectivity index (χ0n) is 13.6. The van der Waals surface area contributed by atoms with Crippen molar-refractivity contribution >= 4 is 5.96 Å². The highest BCUT2D eigenvalue weighted by Crippen LogP contribution is 2.31. The highest BCUT2D eigenvalue weighted by atomic mass is 16.5. The van der Waals surface area contributed by atoms with Crippen molar-refractivity contribution < 1.29 is 4.52 Å². The molecule has 0 unspecified atom stereocenters. The van der Waals surface area contributed by atoms with Crippen LogP contribution >= 0.6 is 0 Å². The number of likely N-dealkylation sites (tertiary alicyclic amines) is 1. The predicted molar refractivity (Wildman–Crippen MR) is 88.9 cm³/mol. The van der Waals surface area contributed by atoms with Crippen molar-refractivity contribution in [1.82, 2.24) is 15.0 Å². The van der Waals surface area contributed by atoms with Gasteiger partial charge in [-0.2, -0.15) is 4.98 Å². The SMILES string of the molecule is CC(C)Cc1ccc(-c2noc([C@@H]3CCCN3C(=N)N)n2)cc1. The fourth-order valence-electron chi connectivity index (χ4n) is 3.06. The molecular weight excluding hydrogens is 290 g/mol. The standard InChI is InChI=1S/C17H23N5O/c1-11(2)10-12-5-7-13(8-6-12)15-20-16(23-21-15)14-4-3-9-22(14)17(18)19/h5-8,11,14H,3-4,9-10H2,1-2H3,(H3,18,19)/t14-/m0/s1. The third-order valence-electron chi connectivity index (χ3n) is 4.15. The number of aromatic nitrogens is 2. The smallest absolute Gasteiger partial charge is 0.249 e. The lowest BCUT2D eigenvalue weighted by Crippen LogP contribution is -2.35. The molecule has 3 N–H and O–H groups in total. The second-order valence-corrected chi connectivity index (χ2v) is 6.49. The minimum absolute atomic E-state index is 0.0605. The third kappa shape index (κ3) is 3.36. The number of hydrogen-bond acceptors (Lipinski definition) is 4. The number of benzene rings is 1. The largest absolute Gasteiger partial charge is 0.370 e. The van der Waals surface area contributed by atoms with Gasteiger partial charge in [-0.3, -0.25) is 5.41 Å². The van der Waals surface area contributed by atoms with Crippen molar-refractivity contribution in [3.8, 4) is 11.4 Å². The Hall–Kier alpha value is -2.37. The Morgan fingerprint density at radius 3 is 2.78 bits per heavy atom. The molecule has 0 saturated carbocycles. The van der Waals surface area contributed by atoms with Gasteiger partial charge in [-0.15, -0.1) is 0 Å². The molecule has 2 aromatic rings. The maximum atomic E-state index is 7.64. The molecule has 1 aromatic heterocycles. The van der Waals surface area contributed by atoms with Crippen LogP contribution < -0.4 is 5.73 Å². The molecule has 1 fully saturated rings. The average Bonchev–Trinajstić information content (AvgIpc) is 3.16. The van der Waals surface area contributed by atoms with E-state index < -0.39 is 0 Å². The molecule has 0 radical (unpaired) electrons. The van der Waals surface area contributed by atoms with Gasteiger partial charge in [-0.25, -0.2) is 0 Å². The molecule has 0 spiro atoms. The Bertz CT molecular complexity index is 677. The van der Waals surface area contributed by atoms with Crippen molar-refractivity contribution in [2.45, 2.75) is 39.2 Å². The van der Waals surface area contributed by atoms with E-state index in [9.17, 15) is 0 Å². The fourth-order valence-corrected chi connectivity index (χ4v) is 3.06. The topological polar surface area (TPSA) is 92.0 Å². The molecule has 1 atom stereocenters. The zero-order valence-corrected chi connectivity index (χ0v) is 13.6. The van der Waals surface area contributed by atoms with Crippen LogP contribution in [0, 0.1) is 11.3 Å². The van der Waals surface area contributed by atoms with Crippen molar-refractivity contribution in [2.24, 2.45) is 11.7 Å². The van der Waals surface area contributed by atoms with Crippen molar-refractivity contribution in [3.05, 3.63) is 35.7 Å². The molecule has 1 aliphatic heterocycles. The van der Waals surface area contributed by atoms with E-state index >= 15 is 0 Å². The lowest BCUT2D eigenvalue weighted by atomic mass is 10.0. The summed E-state index contributed by atoms with van der Waals surface area (Å²) in [6, 6.07) is 8.22. The van der Waals surface area contributed by atoms with Crippen LogP contribution in [-0.4, -0.2) is 27.5 Å². The van der Waals surface area contributed by atoms with Crippen molar-refractivity contribution in [1.29, 1.82) is 5.41 Å². The third-order valence-corrected chi connectivity index (χ3v) is 4.15. The molecule has 0 amide bonds. The molecule has 23 heavy (non-hydrogen) atoms. The Balaban J connectivity index is 1.78. The minimum atomic E-state index is -0.0750. The number of nitrogens with one attached hydrogen (secondary N) is 1. The van der Waals surface area contributed by atoms with E-state index in [2.05, 4.69) is 36.1 Å². The molecule has 6 nitrogen and oxygen atoms in total. The molecule has 0 aliphatic carbocycles. The monoisotopic (exact) mass is 313 g/mol. The Labute approximate surface area is 136 Å². The number of guanidine groups is 1. The normalized spacial score (nSPS) is 17.9. The molecule has 122 valence electrons. The molecule has 1 aliphatic rings. The van der Waals surface area contributed by atoms with E-state index in [0.717, 1.165) is 31.4 Å². The Morgan fingerprint density at radius 1 is 1.39 bits per heavy atom. The van der Waals surface area contributed by atoms with Crippen molar-refractivity contribution in [3.63, 3.8) is 0 Å². The summed E-state index contributed by atoms with van der Waals surface area (Å²) >= 11 is 0. The summed E-state index contributed by atoms with van der Waals surface area (Å²) in [5.74, 6) is 1.83. The van der Waals surface area contributed by atoms with E-state index in [1.54, 1.807) is 0 Å². The molecular formula is C17H23N5O. The zero-order chi connectivity index (χ0) is 16.4. The Kier molecular flexibility index (Phi) is 4.32. The van der Waals surface area contributed by atoms with Gasteiger partial charge in [0.2, 0.25) is 11.7 Å². The van der Waals surface area contributed by atoms with Crippen LogP contribution in [0.5, 0.6) is 0 Å². The number of nitrogens with zero attached hydrogens (tertiary/aromatic N) is 3. The lowest BCUT2D eigenvalue weighted by Gasteiger charge is -2.21. The first kappa shape index (κ1) is 15.5. The quantitative estimate of drug-likeness (QED) is 0.669. The van der Waals surface area contributed by atoms with E-state index in [4.69, 9.17) is 15.7 Å². The van der Waals surface area contributed by atoms with Gasteiger partial charge < -0.3 is 15.2 Å². The summed E-state index contributed by atoms with van der Waals surface area (Å²) in [6.45, 7) is 5.19. The average molecular weight is 313 g/mol. The Morgan fingerprint density at radius 2 is 2.13 bits per heavy atom.